The first-order valence-electron chi connectivity index (χ1n) is 5.04. The highest BCUT2D eigenvalue weighted by molar-refractivity contribution is 7.89. The van der Waals surface area contributed by atoms with E-state index in [-0.39, 0.29) is 22.3 Å². The second-order valence-electron chi connectivity index (χ2n) is 3.32. The predicted molar refractivity (Wildman–Crippen MR) is 67.5 cm³/mol. The van der Waals surface area contributed by atoms with Crippen molar-refractivity contribution in [2.24, 2.45) is 0 Å². The van der Waals surface area contributed by atoms with E-state index in [4.69, 9.17) is 17.3 Å². The van der Waals surface area contributed by atoms with E-state index >= 15 is 0 Å². The summed E-state index contributed by atoms with van der Waals surface area (Å²) in [6.07, 6.45) is 1.07. The fourth-order valence-electron chi connectivity index (χ4n) is 1.08. The molecule has 0 radical (unpaired) electrons. The molecule has 0 aliphatic carbocycles. The number of aromatic nitrogens is 1. The van der Waals surface area contributed by atoms with E-state index in [0.29, 0.717) is 6.54 Å². The van der Waals surface area contributed by atoms with E-state index < -0.39 is 15.9 Å². The number of likely N-dealkylation sites (N-methyl/N-ethyl adjacent to an activating group) is 1. The molecule has 0 unspecified atom stereocenters. The third kappa shape index (κ3) is 3.83. The fourth-order valence-corrected chi connectivity index (χ4v) is 2.26. The van der Waals surface area contributed by atoms with E-state index in [1.54, 1.807) is 6.92 Å². The van der Waals surface area contributed by atoms with Crippen LogP contribution in [-0.2, 0) is 14.8 Å². The van der Waals surface area contributed by atoms with Gasteiger partial charge in [0, 0.05) is 12.7 Å². The van der Waals surface area contributed by atoms with Gasteiger partial charge in [-0.15, -0.1) is 0 Å². The molecule has 0 aromatic carbocycles. The summed E-state index contributed by atoms with van der Waals surface area (Å²) in [6.45, 7) is 1.81. The normalized spacial score (nSPS) is 11.2. The summed E-state index contributed by atoms with van der Waals surface area (Å²) >= 11 is 5.67. The van der Waals surface area contributed by atoms with Crippen molar-refractivity contribution >= 4 is 33.3 Å². The predicted octanol–water partition coefficient (Wildman–Crippen LogP) is -0.268. The number of amides is 1. The molecule has 4 N–H and O–H groups in total. The third-order valence-corrected chi connectivity index (χ3v) is 3.62. The number of halogens is 1. The first-order valence-corrected chi connectivity index (χ1v) is 6.90. The molecule has 0 fully saturated rings. The minimum absolute atomic E-state index is 0.0379. The first-order chi connectivity index (χ1) is 8.36. The number of anilines is 1. The lowest BCUT2D eigenvalue weighted by Crippen LogP contribution is -2.36. The maximum absolute atomic E-state index is 11.8. The van der Waals surface area contributed by atoms with Crippen LogP contribution in [0.1, 0.15) is 6.92 Å². The zero-order chi connectivity index (χ0) is 13.8. The van der Waals surface area contributed by atoms with Gasteiger partial charge in [0.25, 0.3) is 0 Å². The van der Waals surface area contributed by atoms with Gasteiger partial charge in [-0.25, -0.2) is 18.1 Å². The average molecular weight is 293 g/mol. The van der Waals surface area contributed by atoms with E-state index in [9.17, 15) is 13.2 Å². The van der Waals surface area contributed by atoms with Gasteiger partial charge < -0.3 is 11.1 Å². The molecular formula is C9H13ClN4O3S. The van der Waals surface area contributed by atoms with Crippen LogP contribution < -0.4 is 15.8 Å². The van der Waals surface area contributed by atoms with Crippen molar-refractivity contribution in [1.82, 2.24) is 15.0 Å². The highest BCUT2D eigenvalue weighted by Gasteiger charge is 2.17. The molecule has 1 aromatic rings. The van der Waals surface area contributed by atoms with Gasteiger partial charge >= 0.3 is 0 Å². The smallest absolute Gasteiger partial charge is 0.242 e. The van der Waals surface area contributed by atoms with Crippen LogP contribution in [0.2, 0.25) is 5.02 Å². The SMILES string of the molecule is CCNC(=O)CNS(=O)(=O)c1cnc(N)c(Cl)c1. The van der Waals surface area contributed by atoms with Crippen LogP contribution >= 0.6 is 11.6 Å². The number of carbonyl (C=O) groups is 1. The summed E-state index contributed by atoms with van der Waals surface area (Å²) < 4.78 is 25.7. The Morgan fingerprint density at radius 1 is 1.56 bits per heavy atom. The lowest BCUT2D eigenvalue weighted by molar-refractivity contribution is -0.119. The Bertz CT molecular complexity index is 547. The van der Waals surface area contributed by atoms with E-state index in [2.05, 4.69) is 15.0 Å². The molecule has 0 spiro atoms. The monoisotopic (exact) mass is 292 g/mol. The van der Waals surface area contributed by atoms with Crippen LogP contribution in [0.15, 0.2) is 17.2 Å². The molecule has 1 aromatic heterocycles. The van der Waals surface area contributed by atoms with Crippen molar-refractivity contribution in [3.63, 3.8) is 0 Å². The fraction of sp³-hybridized carbons (Fsp3) is 0.333. The Morgan fingerprint density at radius 3 is 2.78 bits per heavy atom. The number of sulfonamides is 1. The van der Waals surface area contributed by atoms with Gasteiger partial charge in [0.15, 0.2) is 0 Å². The van der Waals surface area contributed by atoms with Crippen LogP contribution in [0.5, 0.6) is 0 Å². The molecule has 1 amide bonds. The number of pyridine rings is 1. The van der Waals surface area contributed by atoms with E-state index in [1.807, 2.05) is 0 Å². The largest absolute Gasteiger partial charge is 0.382 e. The summed E-state index contributed by atoms with van der Waals surface area (Å²) in [7, 11) is -3.83. The van der Waals surface area contributed by atoms with E-state index in [0.717, 1.165) is 6.20 Å². The summed E-state index contributed by atoms with van der Waals surface area (Å²) in [4.78, 5) is 14.6. The molecule has 1 heterocycles. The Balaban J connectivity index is 2.80. The molecule has 0 aliphatic heterocycles. The molecular weight excluding hydrogens is 280 g/mol. The second-order valence-corrected chi connectivity index (χ2v) is 5.49. The van der Waals surface area contributed by atoms with Gasteiger partial charge in [0.2, 0.25) is 15.9 Å². The molecule has 0 bridgehead atoms. The summed E-state index contributed by atoms with van der Waals surface area (Å²) in [5, 5.41) is 2.50. The second kappa shape index (κ2) is 5.98. The van der Waals surface area contributed by atoms with Crippen molar-refractivity contribution in [1.29, 1.82) is 0 Å². The average Bonchev–Trinajstić information content (AvgIpc) is 2.30. The number of nitrogen functional groups attached to an aromatic ring is 1. The van der Waals surface area contributed by atoms with Gasteiger partial charge in [0.05, 0.1) is 11.6 Å². The quantitative estimate of drug-likeness (QED) is 0.691. The van der Waals surface area contributed by atoms with E-state index in [1.165, 1.54) is 6.07 Å². The Kier molecular flexibility index (Phi) is 4.88. The lowest BCUT2D eigenvalue weighted by Gasteiger charge is -2.07. The minimum Gasteiger partial charge on any atom is -0.382 e. The van der Waals surface area contributed by atoms with Gasteiger partial charge in [-0.3, -0.25) is 4.79 Å². The minimum atomic E-state index is -3.83. The van der Waals surface area contributed by atoms with Crippen molar-refractivity contribution in [3.05, 3.63) is 17.3 Å². The number of hydrogen-bond donors (Lipinski definition) is 3. The number of nitrogens with one attached hydrogen (secondary N) is 2. The third-order valence-electron chi connectivity index (χ3n) is 1.95. The molecule has 100 valence electrons. The van der Waals surface area contributed by atoms with Crippen LogP contribution in [0, 0.1) is 0 Å². The van der Waals surface area contributed by atoms with Crippen molar-refractivity contribution in [2.75, 3.05) is 18.8 Å². The Morgan fingerprint density at radius 2 is 2.22 bits per heavy atom. The van der Waals surface area contributed by atoms with Gasteiger partial charge in [-0.2, -0.15) is 0 Å². The van der Waals surface area contributed by atoms with Crippen molar-refractivity contribution < 1.29 is 13.2 Å². The van der Waals surface area contributed by atoms with Gasteiger partial charge in [-0.05, 0) is 13.0 Å². The highest BCUT2D eigenvalue weighted by atomic mass is 35.5. The molecule has 7 nitrogen and oxygen atoms in total. The maximum atomic E-state index is 11.8. The molecule has 0 saturated heterocycles. The lowest BCUT2D eigenvalue weighted by atomic mass is 10.5. The molecule has 9 heteroatoms. The maximum Gasteiger partial charge on any atom is 0.242 e. The number of nitrogens with zero attached hydrogens (tertiary/aromatic N) is 1. The number of hydrogen-bond acceptors (Lipinski definition) is 5. The van der Waals surface area contributed by atoms with Crippen LogP contribution in [-0.4, -0.2) is 32.4 Å². The zero-order valence-corrected chi connectivity index (χ0v) is 11.2. The highest BCUT2D eigenvalue weighted by Crippen LogP contribution is 2.19. The summed E-state index contributed by atoms with van der Waals surface area (Å²) in [5.41, 5.74) is 5.37. The van der Waals surface area contributed by atoms with Gasteiger partial charge in [-0.1, -0.05) is 11.6 Å². The summed E-state index contributed by atoms with van der Waals surface area (Å²) in [5.74, 6) is -0.380. The molecule has 0 aliphatic rings. The Hall–Kier alpha value is -1.38. The topological polar surface area (TPSA) is 114 Å². The number of nitrogens with two attached hydrogens (primary N) is 1. The number of carbonyl (C=O) groups excluding carboxylic acids is 1. The summed E-state index contributed by atoms with van der Waals surface area (Å²) in [6, 6.07) is 1.17. The standard InChI is InChI=1S/C9H13ClN4O3S/c1-2-12-8(15)5-14-18(16,17)6-3-7(10)9(11)13-4-6/h3-4,14H,2,5H2,1H3,(H2,11,13)(H,12,15). The molecule has 0 atom stereocenters. The molecule has 18 heavy (non-hydrogen) atoms. The van der Waals surface area contributed by atoms with Gasteiger partial charge in [0.1, 0.15) is 10.7 Å². The van der Waals surface area contributed by atoms with Crippen molar-refractivity contribution in [3.8, 4) is 0 Å². The van der Waals surface area contributed by atoms with Crippen molar-refractivity contribution in [2.45, 2.75) is 11.8 Å². The zero-order valence-electron chi connectivity index (χ0n) is 9.60. The molecule has 0 saturated carbocycles. The van der Waals surface area contributed by atoms with Crippen LogP contribution in [0.25, 0.3) is 0 Å². The van der Waals surface area contributed by atoms with Crippen LogP contribution in [0.4, 0.5) is 5.82 Å². The first kappa shape index (κ1) is 14.7. The Labute approximate surface area is 110 Å². The van der Waals surface area contributed by atoms with Crippen LogP contribution in [0.3, 0.4) is 0 Å². The number of rotatable bonds is 5. The molecule has 1 rings (SSSR count).